The lowest BCUT2D eigenvalue weighted by Crippen LogP contribution is -2.55. The van der Waals surface area contributed by atoms with Gasteiger partial charge in [0, 0.05) is 5.02 Å². The number of halogens is 4. The van der Waals surface area contributed by atoms with Crippen LogP contribution in [0.15, 0.2) is 66.7 Å². The zero-order valence-electron chi connectivity index (χ0n) is 18.4. The van der Waals surface area contributed by atoms with Gasteiger partial charge >= 0.3 is 6.18 Å². The summed E-state index contributed by atoms with van der Waals surface area (Å²) in [4.78, 5) is 0. The minimum Gasteiger partial charge on any atom is -0.394 e. The van der Waals surface area contributed by atoms with Crippen molar-refractivity contribution in [1.29, 1.82) is 0 Å². The van der Waals surface area contributed by atoms with E-state index in [4.69, 9.17) is 16.3 Å². The number of aliphatic hydroxyl groups is 4. The highest BCUT2D eigenvalue weighted by Gasteiger charge is 2.44. The molecule has 1 aliphatic rings. The van der Waals surface area contributed by atoms with Crippen molar-refractivity contribution in [2.24, 2.45) is 0 Å². The largest absolute Gasteiger partial charge is 0.416 e. The van der Waals surface area contributed by atoms with E-state index in [0.29, 0.717) is 22.6 Å². The molecule has 1 aliphatic heterocycles. The first-order valence-corrected chi connectivity index (χ1v) is 11.3. The number of hydrogen-bond acceptors (Lipinski definition) is 5. The molecule has 3 aromatic rings. The van der Waals surface area contributed by atoms with Crippen LogP contribution in [-0.2, 0) is 17.3 Å². The molecule has 0 saturated carbocycles. The fraction of sp³-hybridized carbons (Fsp3) is 0.308. The first kappa shape index (κ1) is 25.6. The molecule has 9 heteroatoms. The Kier molecular flexibility index (Phi) is 7.51. The molecule has 1 saturated heterocycles. The van der Waals surface area contributed by atoms with Crippen molar-refractivity contribution in [3.05, 3.63) is 94.0 Å². The third kappa shape index (κ3) is 5.53. The topological polar surface area (TPSA) is 90.2 Å². The van der Waals surface area contributed by atoms with Crippen LogP contribution in [0.3, 0.4) is 0 Å². The van der Waals surface area contributed by atoms with Gasteiger partial charge in [0.1, 0.15) is 30.5 Å². The maximum atomic E-state index is 12.8. The van der Waals surface area contributed by atoms with Gasteiger partial charge in [-0.05, 0) is 52.4 Å². The number of benzene rings is 3. The SMILES string of the molecule is OCC1OC(c2ccc(Cl)c(Cc3ccc(-c4ccc(C(F)(F)F)cc4)cc3)c2)C(O)C(O)C1O. The highest BCUT2D eigenvalue weighted by molar-refractivity contribution is 6.31. The van der Waals surface area contributed by atoms with Gasteiger partial charge in [-0.15, -0.1) is 0 Å². The van der Waals surface area contributed by atoms with E-state index in [0.717, 1.165) is 28.8 Å². The van der Waals surface area contributed by atoms with Crippen LogP contribution < -0.4 is 0 Å². The summed E-state index contributed by atoms with van der Waals surface area (Å²) in [7, 11) is 0. The molecule has 186 valence electrons. The summed E-state index contributed by atoms with van der Waals surface area (Å²) in [5.41, 5.74) is 2.88. The molecule has 0 bridgehead atoms. The second kappa shape index (κ2) is 10.3. The van der Waals surface area contributed by atoms with Crippen molar-refractivity contribution < 1.29 is 38.3 Å². The molecule has 4 N–H and O–H groups in total. The normalized spacial score (nSPS) is 25.0. The predicted octanol–water partition coefficient (Wildman–Crippen LogP) is 4.13. The molecule has 0 aromatic heterocycles. The smallest absolute Gasteiger partial charge is 0.394 e. The van der Waals surface area contributed by atoms with Crippen LogP contribution in [0.25, 0.3) is 11.1 Å². The standard InChI is InChI=1S/C26H24ClF3O5/c27-20-10-7-17(25-24(34)23(33)22(32)21(13-31)35-25)12-18(20)11-14-1-3-15(4-2-14)16-5-8-19(9-6-16)26(28,29)30/h1-10,12,21-25,31-34H,11,13H2. The third-order valence-electron chi connectivity index (χ3n) is 6.18. The summed E-state index contributed by atoms with van der Waals surface area (Å²) in [5.74, 6) is 0. The highest BCUT2D eigenvalue weighted by atomic mass is 35.5. The van der Waals surface area contributed by atoms with E-state index in [1.807, 2.05) is 24.3 Å². The van der Waals surface area contributed by atoms with Gasteiger partial charge in [0.25, 0.3) is 0 Å². The Balaban J connectivity index is 1.52. The van der Waals surface area contributed by atoms with E-state index < -0.39 is 48.9 Å². The van der Waals surface area contributed by atoms with Gasteiger partial charge in [0.15, 0.2) is 0 Å². The van der Waals surface area contributed by atoms with E-state index in [9.17, 15) is 33.6 Å². The van der Waals surface area contributed by atoms with E-state index >= 15 is 0 Å². The molecule has 5 nitrogen and oxygen atoms in total. The molecule has 0 aliphatic carbocycles. The van der Waals surface area contributed by atoms with Crippen LogP contribution >= 0.6 is 11.6 Å². The van der Waals surface area contributed by atoms with E-state index in [1.54, 1.807) is 18.2 Å². The highest BCUT2D eigenvalue weighted by Crippen LogP contribution is 2.35. The fourth-order valence-electron chi connectivity index (χ4n) is 4.17. The third-order valence-corrected chi connectivity index (χ3v) is 6.55. The molecule has 1 fully saturated rings. The average Bonchev–Trinajstić information content (AvgIpc) is 2.84. The fourth-order valence-corrected chi connectivity index (χ4v) is 4.36. The molecule has 5 unspecified atom stereocenters. The maximum absolute atomic E-state index is 12.8. The lowest BCUT2D eigenvalue weighted by Gasteiger charge is -2.40. The Morgan fingerprint density at radius 1 is 0.800 bits per heavy atom. The van der Waals surface area contributed by atoms with Crippen LogP contribution in [0.4, 0.5) is 13.2 Å². The van der Waals surface area contributed by atoms with Crippen molar-refractivity contribution in [1.82, 2.24) is 0 Å². The molecular weight excluding hydrogens is 485 g/mol. The second-order valence-corrected chi connectivity index (χ2v) is 8.96. The quantitative estimate of drug-likeness (QED) is 0.416. The molecule has 3 aromatic carbocycles. The molecule has 0 radical (unpaired) electrons. The van der Waals surface area contributed by atoms with Crippen LogP contribution in [0.2, 0.25) is 5.02 Å². The zero-order valence-corrected chi connectivity index (χ0v) is 19.1. The van der Waals surface area contributed by atoms with Crippen molar-refractivity contribution in [2.45, 2.75) is 43.1 Å². The average molecular weight is 509 g/mol. The number of rotatable bonds is 5. The molecule has 5 atom stereocenters. The van der Waals surface area contributed by atoms with Gasteiger partial charge in [-0.2, -0.15) is 13.2 Å². The Labute approximate surface area is 205 Å². The number of ether oxygens (including phenoxy) is 1. The Bertz CT molecular complexity index is 1150. The zero-order chi connectivity index (χ0) is 25.3. The van der Waals surface area contributed by atoms with Crippen LogP contribution in [0, 0.1) is 0 Å². The molecule has 35 heavy (non-hydrogen) atoms. The van der Waals surface area contributed by atoms with E-state index in [1.165, 1.54) is 12.1 Å². The van der Waals surface area contributed by atoms with Crippen LogP contribution in [-0.4, -0.2) is 51.4 Å². The number of aliphatic hydroxyl groups excluding tert-OH is 4. The summed E-state index contributed by atoms with van der Waals surface area (Å²) >= 11 is 6.38. The molecule has 0 amide bonds. The molecule has 1 heterocycles. The van der Waals surface area contributed by atoms with Gasteiger partial charge in [-0.1, -0.05) is 60.1 Å². The van der Waals surface area contributed by atoms with Crippen molar-refractivity contribution in [3.8, 4) is 11.1 Å². The lowest BCUT2D eigenvalue weighted by molar-refractivity contribution is -0.231. The van der Waals surface area contributed by atoms with Gasteiger partial charge in [-0.25, -0.2) is 0 Å². The van der Waals surface area contributed by atoms with Crippen molar-refractivity contribution in [3.63, 3.8) is 0 Å². The predicted molar refractivity (Wildman–Crippen MR) is 124 cm³/mol. The number of hydrogen-bond donors (Lipinski definition) is 4. The summed E-state index contributed by atoms with van der Waals surface area (Å²) in [6.45, 7) is -0.521. The summed E-state index contributed by atoms with van der Waals surface area (Å²) in [6, 6.07) is 17.3. The van der Waals surface area contributed by atoms with E-state index in [2.05, 4.69) is 0 Å². The summed E-state index contributed by atoms with van der Waals surface area (Å²) in [5, 5.41) is 40.4. The van der Waals surface area contributed by atoms with Crippen LogP contribution in [0.1, 0.15) is 28.4 Å². The van der Waals surface area contributed by atoms with Gasteiger partial charge in [0.2, 0.25) is 0 Å². The van der Waals surface area contributed by atoms with Gasteiger partial charge < -0.3 is 25.2 Å². The first-order chi connectivity index (χ1) is 16.6. The van der Waals surface area contributed by atoms with Crippen molar-refractivity contribution in [2.75, 3.05) is 6.61 Å². The minimum atomic E-state index is -4.38. The summed E-state index contributed by atoms with van der Waals surface area (Å²) < 4.78 is 44.0. The van der Waals surface area contributed by atoms with Crippen LogP contribution in [0.5, 0.6) is 0 Å². The Morgan fingerprint density at radius 3 is 1.97 bits per heavy atom. The van der Waals surface area contributed by atoms with Crippen molar-refractivity contribution >= 4 is 11.6 Å². The molecule has 0 spiro atoms. The monoisotopic (exact) mass is 508 g/mol. The van der Waals surface area contributed by atoms with Gasteiger partial charge in [-0.3, -0.25) is 0 Å². The molecule has 4 rings (SSSR count). The van der Waals surface area contributed by atoms with E-state index in [-0.39, 0.29) is 0 Å². The Hall–Kier alpha value is -2.46. The van der Waals surface area contributed by atoms with Gasteiger partial charge in [0.05, 0.1) is 12.2 Å². The molecular formula is C26H24ClF3O5. The lowest BCUT2D eigenvalue weighted by atomic mass is 9.90. The Morgan fingerprint density at radius 2 is 1.40 bits per heavy atom. The summed E-state index contributed by atoms with van der Waals surface area (Å²) in [6.07, 6.45) is -10.3. The maximum Gasteiger partial charge on any atom is 0.416 e. The minimum absolute atomic E-state index is 0.428. The first-order valence-electron chi connectivity index (χ1n) is 10.9. The number of alkyl halides is 3. The second-order valence-electron chi connectivity index (χ2n) is 8.55.